The number of carbonyl (C=O) groups excluding carboxylic acids is 1. The van der Waals surface area contributed by atoms with E-state index in [1.54, 1.807) is 0 Å². The number of halogens is 3. The number of hydrogen-bond acceptors (Lipinski definition) is 5. The van der Waals surface area contributed by atoms with Crippen LogP contribution in [0.4, 0.5) is 23.7 Å². The van der Waals surface area contributed by atoms with Crippen LogP contribution >= 0.6 is 0 Å². The van der Waals surface area contributed by atoms with Crippen molar-refractivity contribution in [3.63, 3.8) is 0 Å². The topological polar surface area (TPSA) is 45.2 Å². The van der Waals surface area contributed by atoms with Gasteiger partial charge in [-0.05, 0) is 62.3 Å². The number of anilines is 1. The zero-order valence-electron chi connectivity index (χ0n) is 19.5. The number of morpholine rings is 1. The Morgan fingerprint density at radius 2 is 1.79 bits per heavy atom. The summed E-state index contributed by atoms with van der Waals surface area (Å²) in [5, 5.41) is 0. The van der Waals surface area contributed by atoms with Crippen molar-refractivity contribution in [2.75, 3.05) is 57.4 Å². The summed E-state index contributed by atoms with van der Waals surface area (Å²) in [4.78, 5) is 18.4. The molecule has 33 heavy (non-hydrogen) atoms. The van der Waals surface area contributed by atoms with Crippen molar-refractivity contribution >= 4 is 11.8 Å². The molecule has 1 spiro atoms. The summed E-state index contributed by atoms with van der Waals surface area (Å²) in [6.07, 6.45) is -4.82. The Morgan fingerprint density at radius 1 is 1.12 bits per heavy atom. The first-order valence-corrected chi connectivity index (χ1v) is 11.8. The van der Waals surface area contributed by atoms with E-state index in [1.807, 2.05) is 0 Å². The summed E-state index contributed by atoms with van der Waals surface area (Å²) in [6.45, 7) is 10.2. The molecule has 0 saturated carbocycles. The fourth-order valence-electron chi connectivity index (χ4n) is 5.26. The van der Waals surface area contributed by atoms with Gasteiger partial charge in [-0.1, -0.05) is 12.1 Å². The summed E-state index contributed by atoms with van der Waals surface area (Å²) in [6, 6.07) is 6.70. The van der Waals surface area contributed by atoms with E-state index in [1.165, 1.54) is 21.7 Å². The third-order valence-electron chi connectivity index (χ3n) is 7.36. The van der Waals surface area contributed by atoms with Gasteiger partial charge in [0, 0.05) is 45.0 Å². The molecule has 0 aliphatic carbocycles. The van der Waals surface area contributed by atoms with Crippen LogP contribution in [0, 0.1) is 12.3 Å². The van der Waals surface area contributed by atoms with E-state index in [0.29, 0.717) is 13.1 Å². The highest BCUT2D eigenvalue weighted by molar-refractivity contribution is 5.68. The van der Waals surface area contributed by atoms with Gasteiger partial charge in [0.05, 0.1) is 13.2 Å². The van der Waals surface area contributed by atoms with E-state index < -0.39 is 18.4 Å². The first kappa shape index (κ1) is 24.1. The molecule has 1 amide bonds. The average Bonchev–Trinajstić information content (AvgIpc) is 3.16. The highest BCUT2D eigenvalue weighted by Crippen LogP contribution is 2.41. The maximum atomic E-state index is 12.7. The lowest BCUT2D eigenvalue weighted by atomic mass is 9.78. The predicted octanol–water partition coefficient (Wildman–Crippen LogP) is 4.21. The van der Waals surface area contributed by atoms with Crippen molar-refractivity contribution in [1.82, 2.24) is 9.80 Å². The number of nitrogens with zero attached hydrogens (tertiary/aromatic N) is 3. The highest BCUT2D eigenvalue weighted by atomic mass is 19.4. The lowest BCUT2D eigenvalue weighted by molar-refractivity contribution is -0.200. The molecule has 184 valence electrons. The molecule has 0 bridgehead atoms. The Bertz CT molecular complexity index is 834. The predicted molar refractivity (Wildman–Crippen MR) is 119 cm³/mol. The van der Waals surface area contributed by atoms with Gasteiger partial charge in [0.25, 0.3) is 0 Å². The van der Waals surface area contributed by atoms with Crippen molar-refractivity contribution in [2.24, 2.45) is 5.41 Å². The van der Waals surface area contributed by atoms with Crippen molar-refractivity contribution in [2.45, 2.75) is 51.9 Å². The van der Waals surface area contributed by atoms with Crippen molar-refractivity contribution in [1.29, 1.82) is 0 Å². The van der Waals surface area contributed by atoms with Crippen LogP contribution in [0.5, 0.6) is 0 Å². The molecule has 3 aliphatic heterocycles. The zero-order chi connectivity index (χ0) is 23.6. The van der Waals surface area contributed by atoms with Gasteiger partial charge in [-0.15, -0.1) is 0 Å². The van der Waals surface area contributed by atoms with Crippen LogP contribution in [0.2, 0.25) is 0 Å². The molecular weight excluding hydrogens is 435 g/mol. The zero-order valence-corrected chi connectivity index (χ0v) is 19.5. The number of carbonyl (C=O) groups is 1. The van der Waals surface area contributed by atoms with Gasteiger partial charge in [0.1, 0.15) is 0 Å². The van der Waals surface area contributed by atoms with Crippen molar-refractivity contribution in [3.05, 3.63) is 29.3 Å². The molecule has 0 radical (unpaired) electrons. The summed E-state index contributed by atoms with van der Waals surface area (Å²) in [5.74, 6) is 0. The number of rotatable bonds is 4. The van der Waals surface area contributed by atoms with E-state index >= 15 is 0 Å². The first-order chi connectivity index (χ1) is 15.7. The fourth-order valence-corrected chi connectivity index (χ4v) is 5.26. The normalized spacial score (nSPS) is 22.6. The molecule has 1 atom stereocenters. The molecule has 3 heterocycles. The molecule has 4 rings (SSSR count). The molecular formula is C24H34F3N3O3. The summed E-state index contributed by atoms with van der Waals surface area (Å²) < 4.78 is 48.1. The number of likely N-dealkylation sites (tertiary alicyclic amines) is 2. The van der Waals surface area contributed by atoms with E-state index in [0.717, 1.165) is 72.1 Å². The Hall–Kier alpha value is -2.00. The van der Waals surface area contributed by atoms with E-state index in [-0.39, 0.29) is 5.41 Å². The maximum Gasteiger partial charge on any atom is 0.425 e. The van der Waals surface area contributed by atoms with Crippen LogP contribution in [0.15, 0.2) is 18.2 Å². The minimum atomic E-state index is -4.53. The number of ether oxygens (including phenoxy) is 2. The van der Waals surface area contributed by atoms with Gasteiger partial charge in [0.2, 0.25) is 0 Å². The molecule has 1 aromatic rings. The van der Waals surface area contributed by atoms with Crippen LogP contribution in [0.1, 0.15) is 37.3 Å². The third-order valence-corrected chi connectivity index (χ3v) is 7.36. The number of alkyl halides is 3. The van der Waals surface area contributed by atoms with Gasteiger partial charge in [-0.2, -0.15) is 13.2 Å². The standard InChI is InChI=1S/C24H34F3N3O3/c1-18-15-20(3-4-21(18)29-11-13-32-14-12-29)16-28-8-5-23(17-28)6-9-30(10-7-23)22(31)33-19(2)24(25,26)27/h3-4,15,19H,5-14,16-17H2,1-2H3. The van der Waals surface area contributed by atoms with Crippen LogP contribution in [-0.2, 0) is 16.0 Å². The molecule has 3 fully saturated rings. The second kappa shape index (κ2) is 9.70. The number of benzene rings is 1. The third kappa shape index (κ3) is 5.74. The number of aryl methyl sites for hydroxylation is 1. The minimum absolute atomic E-state index is 0.134. The average molecular weight is 470 g/mol. The molecule has 9 heteroatoms. The maximum absolute atomic E-state index is 12.7. The molecule has 6 nitrogen and oxygen atoms in total. The molecule has 0 aromatic heterocycles. The number of piperidine rings is 1. The Morgan fingerprint density at radius 3 is 2.42 bits per heavy atom. The van der Waals surface area contributed by atoms with Crippen molar-refractivity contribution < 1.29 is 27.4 Å². The summed E-state index contributed by atoms with van der Waals surface area (Å²) in [5.41, 5.74) is 3.99. The van der Waals surface area contributed by atoms with E-state index in [2.05, 4.69) is 39.7 Å². The van der Waals surface area contributed by atoms with Crippen molar-refractivity contribution in [3.8, 4) is 0 Å². The Kier molecular flexibility index (Phi) is 7.09. The van der Waals surface area contributed by atoms with Gasteiger partial charge in [-0.25, -0.2) is 4.79 Å². The highest BCUT2D eigenvalue weighted by Gasteiger charge is 2.43. The summed E-state index contributed by atoms with van der Waals surface area (Å²) in [7, 11) is 0. The molecule has 1 unspecified atom stereocenters. The monoisotopic (exact) mass is 469 g/mol. The second-order valence-electron chi connectivity index (χ2n) is 9.74. The van der Waals surface area contributed by atoms with Crippen LogP contribution < -0.4 is 4.90 Å². The quantitative estimate of drug-likeness (QED) is 0.661. The first-order valence-electron chi connectivity index (χ1n) is 11.8. The van der Waals surface area contributed by atoms with Crippen LogP contribution in [-0.4, -0.2) is 80.7 Å². The van der Waals surface area contributed by atoms with Gasteiger partial charge in [-0.3, -0.25) is 4.90 Å². The van der Waals surface area contributed by atoms with Gasteiger partial charge < -0.3 is 19.3 Å². The molecule has 0 N–H and O–H groups in total. The second-order valence-corrected chi connectivity index (χ2v) is 9.74. The summed E-state index contributed by atoms with van der Waals surface area (Å²) >= 11 is 0. The smallest absolute Gasteiger partial charge is 0.425 e. The molecule has 3 saturated heterocycles. The Balaban J connectivity index is 1.27. The lowest BCUT2D eigenvalue weighted by Crippen LogP contribution is -2.46. The van der Waals surface area contributed by atoms with Gasteiger partial charge in [0.15, 0.2) is 6.10 Å². The van der Waals surface area contributed by atoms with Crippen LogP contribution in [0.3, 0.4) is 0 Å². The lowest BCUT2D eigenvalue weighted by Gasteiger charge is -2.39. The Labute approximate surface area is 193 Å². The largest absolute Gasteiger partial charge is 0.437 e. The SMILES string of the molecule is Cc1cc(CN2CCC3(CCN(C(=O)OC(C)C(F)(F)F)CC3)C2)ccc1N1CCOCC1. The molecule has 1 aromatic carbocycles. The minimum Gasteiger partial charge on any atom is -0.437 e. The fraction of sp³-hybridized carbons (Fsp3) is 0.708. The van der Waals surface area contributed by atoms with E-state index in [4.69, 9.17) is 4.74 Å². The van der Waals surface area contributed by atoms with Crippen LogP contribution in [0.25, 0.3) is 0 Å². The number of amides is 1. The molecule has 3 aliphatic rings. The van der Waals surface area contributed by atoms with Gasteiger partial charge >= 0.3 is 12.3 Å². The van der Waals surface area contributed by atoms with E-state index in [9.17, 15) is 18.0 Å². The number of hydrogen-bond donors (Lipinski definition) is 0.